The lowest BCUT2D eigenvalue weighted by molar-refractivity contribution is 0.0952. The smallest absolute Gasteiger partial charge is 0.331 e. The van der Waals surface area contributed by atoms with Crippen molar-refractivity contribution in [2.75, 3.05) is 18.0 Å². The highest BCUT2D eigenvalue weighted by molar-refractivity contribution is 6.11. The van der Waals surface area contributed by atoms with E-state index in [2.05, 4.69) is 20.2 Å². The molecule has 0 unspecified atom stereocenters. The van der Waals surface area contributed by atoms with Gasteiger partial charge in [-0.25, -0.2) is 14.8 Å². The quantitative estimate of drug-likeness (QED) is 0.524. The van der Waals surface area contributed by atoms with Gasteiger partial charge >= 0.3 is 5.69 Å². The van der Waals surface area contributed by atoms with E-state index in [0.717, 1.165) is 42.5 Å². The summed E-state index contributed by atoms with van der Waals surface area (Å²) in [6.07, 6.45) is 5.28. The van der Waals surface area contributed by atoms with E-state index >= 15 is 0 Å². The van der Waals surface area contributed by atoms with Gasteiger partial charge in [0.05, 0.1) is 12.1 Å². The van der Waals surface area contributed by atoms with Crippen LogP contribution in [0.4, 0.5) is 5.82 Å². The lowest BCUT2D eigenvalue weighted by atomic mass is 10.1. The van der Waals surface area contributed by atoms with Crippen LogP contribution < -0.4 is 27.2 Å². The molecule has 1 aliphatic carbocycles. The molecule has 1 aliphatic heterocycles. The summed E-state index contributed by atoms with van der Waals surface area (Å²) in [5.74, 6) is 0.785. The first-order valence-electron chi connectivity index (χ1n) is 12.3. The molecule has 0 bridgehead atoms. The molecule has 0 spiro atoms. The number of nitrogens with one attached hydrogen (secondary N) is 1. The van der Waals surface area contributed by atoms with Gasteiger partial charge in [0.25, 0.3) is 11.5 Å². The van der Waals surface area contributed by atoms with Gasteiger partial charge in [-0.15, -0.1) is 0 Å². The predicted octanol–water partition coefficient (Wildman–Crippen LogP) is 0.488. The van der Waals surface area contributed by atoms with Gasteiger partial charge in [-0.05, 0) is 45.6 Å². The summed E-state index contributed by atoms with van der Waals surface area (Å²) in [6, 6.07) is 1.87. The SMILES string of the molecule is CCn1c(N2CCC[C@@H](N)C2)c(C(=O)NC2CC2)c2c1c(=O)n(Cc1nccc(C)n1)c(=O)n2C. The predicted molar refractivity (Wildman–Crippen MR) is 133 cm³/mol. The van der Waals surface area contributed by atoms with Crippen LogP contribution in [0, 0.1) is 6.92 Å². The molecule has 3 aromatic heterocycles. The van der Waals surface area contributed by atoms with E-state index in [0.29, 0.717) is 41.3 Å². The first kappa shape index (κ1) is 23.3. The molecule has 11 heteroatoms. The van der Waals surface area contributed by atoms with Crippen LogP contribution in [-0.4, -0.2) is 54.7 Å². The third kappa shape index (κ3) is 4.13. The number of amides is 1. The molecular weight excluding hydrogens is 448 g/mol. The molecule has 5 rings (SSSR count). The van der Waals surface area contributed by atoms with Crippen molar-refractivity contribution in [2.24, 2.45) is 12.8 Å². The fourth-order valence-electron chi connectivity index (χ4n) is 5.02. The Morgan fingerprint density at radius 1 is 1.20 bits per heavy atom. The monoisotopic (exact) mass is 480 g/mol. The maximum atomic E-state index is 13.8. The fraction of sp³-hybridized carbons (Fsp3) is 0.542. The minimum Gasteiger partial charge on any atom is -0.356 e. The number of carbonyl (C=O) groups excluding carboxylic acids is 1. The molecule has 1 saturated carbocycles. The summed E-state index contributed by atoms with van der Waals surface area (Å²) in [6.45, 7) is 5.49. The summed E-state index contributed by atoms with van der Waals surface area (Å²) in [4.78, 5) is 51.5. The Kier molecular flexibility index (Phi) is 5.96. The molecule has 4 heterocycles. The van der Waals surface area contributed by atoms with Crippen molar-refractivity contribution in [3.63, 3.8) is 0 Å². The third-order valence-electron chi connectivity index (χ3n) is 6.87. The summed E-state index contributed by atoms with van der Waals surface area (Å²) >= 11 is 0. The number of aryl methyl sites for hydroxylation is 3. The second-order valence-corrected chi connectivity index (χ2v) is 9.58. The zero-order valence-corrected chi connectivity index (χ0v) is 20.5. The molecule has 35 heavy (non-hydrogen) atoms. The highest BCUT2D eigenvalue weighted by Crippen LogP contribution is 2.33. The van der Waals surface area contributed by atoms with Crippen LogP contribution in [0.25, 0.3) is 11.0 Å². The van der Waals surface area contributed by atoms with Gasteiger partial charge in [-0.1, -0.05) is 0 Å². The Morgan fingerprint density at radius 2 is 1.97 bits per heavy atom. The number of anilines is 1. The maximum absolute atomic E-state index is 13.8. The van der Waals surface area contributed by atoms with Crippen molar-refractivity contribution in [3.8, 4) is 0 Å². The number of aromatic nitrogens is 5. The average molecular weight is 481 g/mol. The van der Waals surface area contributed by atoms with Gasteiger partial charge in [-0.3, -0.25) is 18.7 Å². The Bertz CT molecular complexity index is 1410. The Hall–Kier alpha value is -3.47. The van der Waals surface area contributed by atoms with Crippen molar-refractivity contribution in [2.45, 2.75) is 64.7 Å². The van der Waals surface area contributed by atoms with E-state index in [1.807, 2.05) is 18.4 Å². The maximum Gasteiger partial charge on any atom is 0.331 e. The minimum atomic E-state index is -0.511. The standard InChI is InChI=1S/C24H32N8O3/c1-4-31-20-19(29(3)24(35)32(23(20)34)13-17-26-10-9-14(2)27-17)18(21(33)28-16-7-8-16)22(31)30-11-5-6-15(25)12-30/h9-10,15-16H,4-8,11-13,25H2,1-3H3,(H,28,33)/t15-/m1/s1. The second kappa shape index (κ2) is 8.95. The van der Waals surface area contributed by atoms with E-state index in [4.69, 9.17) is 5.73 Å². The molecule has 0 aromatic carbocycles. The molecule has 1 amide bonds. The number of hydrogen-bond acceptors (Lipinski definition) is 7. The molecule has 3 N–H and O–H groups in total. The molecule has 186 valence electrons. The van der Waals surface area contributed by atoms with Gasteiger partial charge < -0.3 is 20.5 Å². The minimum absolute atomic E-state index is 0.0228. The van der Waals surface area contributed by atoms with Crippen molar-refractivity contribution in [1.82, 2.24) is 29.0 Å². The van der Waals surface area contributed by atoms with E-state index in [1.165, 1.54) is 4.57 Å². The van der Waals surface area contributed by atoms with Crippen LogP contribution in [-0.2, 0) is 20.1 Å². The largest absolute Gasteiger partial charge is 0.356 e. The topological polar surface area (TPSA) is 133 Å². The van der Waals surface area contributed by atoms with E-state index in [9.17, 15) is 14.4 Å². The fourth-order valence-corrected chi connectivity index (χ4v) is 5.02. The van der Waals surface area contributed by atoms with Crippen molar-refractivity contribution in [3.05, 3.63) is 50.2 Å². The summed E-state index contributed by atoms with van der Waals surface area (Å²) in [7, 11) is 1.61. The number of nitrogens with two attached hydrogens (primary N) is 1. The first-order valence-corrected chi connectivity index (χ1v) is 12.3. The highest BCUT2D eigenvalue weighted by Gasteiger charge is 2.34. The normalized spacial score (nSPS) is 18.3. The number of carbonyl (C=O) groups is 1. The number of fused-ring (bicyclic) bond motifs is 1. The summed E-state index contributed by atoms with van der Waals surface area (Å²) in [5.41, 5.74) is 7.13. The van der Waals surface area contributed by atoms with Gasteiger partial charge in [0.15, 0.2) is 0 Å². The summed E-state index contributed by atoms with van der Waals surface area (Å²) < 4.78 is 4.43. The number of hydrogen-bond donors (Lipinski definition) is 2. The highest BCUT2D eigenvalue weighted by atomic mass is 16.2. The van der Waals surface area contributed by atoms with Crippen molar-refractivity contribution in [1.29, 1.82) is 0 Å². The average Bonchev–Trinajstić information content (AvgIpc) is 3.57. The molecule has 1 saturated heterocycles. The number of piperidine rings is 1. The third-order valence-corrected chi connectivity index (χ3v) is 6.87. The second-order valence-electron chi connectivity index (χ2n) is 9.58. The Balaban J connectivity index is 1.77. The van der Waals surface area contributed by atoms with E-state index < -0.39 is 11.2 Å². The van der Waals surface area contributed by atoms with Crippen LogP contribution in [0.15, 0.2) is 21.9 Å². The lowest BCUT2D eigenvalue weighted by Gasteiger charge is -2.33. The van der Waals surface area contributed by atoms with Crippen LogP contribution in [0.5, 0.6) is 0 Å². The Labute approximate surface area is 202 Å². The van der Waals surface area contributed by atoms with Crippen LogP contribution in [0.2, 0.25) is 0 Å². The molecule has 0 radical (unpaired) electrons. The zero-order valence-electron chi connectivity index (χ0n) is 20.5. The number of rotatable bonds is 6. The van der Waals surface area contributed by atoms with Crippen LogP contribution in [0.1, 0.15) is 54.5 Å². The van der Waals surface area contributed by atoms with Gasteiger partial charge in [0.2, 0.25) is 0 Å². The molecule has 11 nitrogen and oxygen atoms in total. The molecule has 2 aliphatic rings. The molecule has 1 atom stereocenters. The molecule has 2 fully saturated rings. The number of nitrogens with zero attached hydrogens (tertiary/aromatic N) is 6. The van der Waals surface area contributed by atoms with Gasteiger partial charge in [0, 0.05) is 50.7 Å². The zero-order chi connectivity index (χ0) is 24.9. The van der Waals surface area contributed by atoms with Crippen molar-refractivity contribution < 1.29 is 4.79 Å². The first-order chi connectivity index (χ1) is 16.8. The van der Waals surface area contributed by atoms with Crippen molar-refractivity contribution >= 4 is 22.8 Å². The lowest BCUT2D eigenvalue weighted by Crippen LogP contribution is -2.44. The van der Waals surface area contributed by atoms with E-state index in [1.54, 1.807) is 19.3 Å². The summed E-state index contributed by atoms with van der Waals surface area (Å²) in [5, 5.41) is 3.06. The van der Waals surface area contributed by atoms with Crippen LogP contribution in [0.3, 0.4) is 0 Å². The molecular formula is C24H32N8O3. The van der Waals surface area contributed by atoms with Gasteiger partial charge in [-0.2, -0.15) is 0 Å². The van der Waals surface area contributed by atoms with Gasteiger partial charge in [0.1, 0.15) is 22.7 Å². The molecule has 3 aromatic rings. The van der Waals surface area contributed by atoms with E-state index in [-0.39, 0.29) is 24.5 Å². The van der Waals surface area contributed by atoms with Crippen LogP contribution >= 0.6 is 0 Å². The Morgan fingerprint density at radius 3 is 2.63 bits per heavy atom.